The molecule has 2 aromatic heterocycles. The first-order valence-electron chi connectivity index (χ1n) is 41.6. The molecule has 2 fully saturated rings. The lowest BCUT2D eigenvalue weighted by Gasteiger charge is -2.37. The van der Waals surface area contributed by atoms with Crippen LogP contribution in [0, 0.1) is 10.8 Å². The second-order valence-corrected chi connectivity index (χ2v) is 36.3. The maximum atomic E-state index is 15.6. The molecule has 8 heterocycles. The number of methoxy groups -OCH3 is 2. The van der Waals surface area contributed by atoms with Crippen LogP contribution in [0.2, 0.25) is 0 Å². The molecule has 34 heteroatoms. The molecule has 125 heavy (non-hydrogen) atoms. The van der Waals surface area contributed by atoms with E-state index >= 15 is 28.8 Å². The van der Waals surface area contributed by atoms with Crippen LogP contribution in [0.15, 0.2) is 146 Å². The highest BCUT2D eigenvalue weighted by molar-refractivity contribution is 5.99. The fourth-order valence-electron chi connectivity index (χ4n) is 15.0. The van der Waals surface area contributed by atoms with Crippen LogP contribution in [0.1, 0.15) is 162 Å². The number of fused-ring (bicyclic) bond motifs is 2. The summed E-state index contributed by atoms with van der Waals surface area (Å²) in [5.41, 5.74) is -1.20. The highest BCUT2D eigenvalue weighted by Gasteiger charge is 2.50. The van der Waals surface area contributed by atoms with Crippen molar-refractivity contribution in [2.45, 2.75) is 226 Å². The molecule has 8 aromatic rings. The van der Waals surface area contributed by atoms with Crippen LogP contribution in [-0.2, 0) is 99.4 Å². The summed E-state index contributed by atoms with van der Waals surface area (Å²) in [6.45, 7) is 22.8. The zero-order valence-corrected chi connectivity index (χ0v) is 74.0. The van der Waals surface area contributed by atoms with Gasteiger partial charge in [-0.3, -0.25) is 48.2 Å². The van der Waals surface area contributed by atoms with Crippen molar-refractivity contribution in [1.29, 1.82) is 0 Å². The molecule has 0 saturated carbocycles. The molecule has 12 unspecified atom stereocenters. The van der Waals surface area contributed by atoms with Gasteiger partial charge in [-0.25, -0.2) is 28.5 Å². The fourth-order valence-corrected chi connectivity index (χ4v) is 15.0. The van der Waals surface area contributed by atoms with Gasteiger partial charge in [0.15, 0.2) is 6.04 Å². The number of esters is 2. The van der Waals surface area contributed by atoms with Crippen molar-refractivity contribution in [2.24, 2.45) is 10.8 Å². The van der Waals surface area contributed by atoms with Crippen molar-refractivity contribution in [1.82, 2.24) is 81.5 Å². The van der Waals surface area contributed by atoms with Gasteiger partial charge >= 0.3 is 24.1 Å². The molecule has 12 bridgehead atoms. The highest BCUT2D eigenvalue weighted by Crippen LogP contribution is 2.35. The Bertz CT molecular complexity index is 5300. The molecule has 0 spiro atoms. The average Bonchev–Trinajstić information content (AvgIpc) is 1.65. The third kappa shape index (κ3) is 23.5. The molecule has 6 aliphatic heterocycles. The molecule has 2 saturated heterocycles. The third-order valence-corrected chi connectivity index (χ3v) is 22.3. The van der Waals surface area contributed by atoms with Gasteiger partial charge in [0.25, 0.3) is 0 Å². The number of benzene rings is 6. The predicted octanol–water partition coefficient (Wildman–Crippen LogP) is 7.89. The van der Waals surface area contributed by atoms with Crippen LogP contribution in [-0.4, -0.2) is 228 Å². The van der Waals surface area contributed by atoms with Gasteiger partial charge in [0.05, 0.1) is 38.7 Å². The fraction of sp³-hybridized carbons (Fsp3) is 0.473. The monoisotopic (exact) mass is 1720 g/mol. The smallest absolute Gasteiger partial charge is 0.410 e. The number of likely N-dealkylation sites (N-methyl/N-ethyl adjacent to an activating group) is 2. The van der Waals surface area contributed by atoms with Gasteiger partial charge in [-0.15, -0.1) is 10.2 Å². The first-order chi connectivity index (χ1) is 58.9. The molecule has 10 amide bonds. The molecule has 14 rings (SSSR count). The Morgan fingerprint density at radius 3 is 1.28 bits per heavy atom. The molecule has 6 aliphatic rings. The Balaban J connectivity index is 0.947. The number of amides is 10. The Morgan fingerprint density at radius 1 is 0.496 bits per heavy atom. The van der Waals surface area contributed by atoms with Gasteiger partial charge in [0, 0.05) is 59.3 Å². The summed E-state index contributed by atoms with van der Waals surface area (Å²) in [6, 6.07) is 24.3. The van der Waals surface area contributed by atoms with Crippen LogP contribution < -0.4 is 41.4 Å². The number of hydrogen-bond acceptors (Lipinski definition) is 22. The zero-order valence-electron chi connectivity index (χ0n) is 74.0. The summed E-state index contributed by atoms with van der Waals surface area (Å²) in [6.07, 6.45) is 1.08. The molecule has 34 nitrogen and oxygen atoms in total. The normalized spacial score (nSPS) is 20.5. The van der Waals surface area contributed by atoms with Crippen LogP contribution in [0.5, 0.6) is 11.5 Å². The summed E-state index contributed by atoms with van der Waals surface area (Å²) in [7, 11) is 5.14. The van der Waals surface area contributed by atoms with Gasteiger partial charge in [-0.05, 0) is 134 Å². The van der Waals surface area contributed by atoms with Crippen LogP contribution in [0.4, 0.5) is 9.59 Å². The second kappa shape index (κ2) is 38.8. The summed E-state index contributed by atoms with van der Waals surface area (Å²) in [5.74, 6) is -6.94. The molecule has 0 radical (unpaired) electrons. The van der Waals surface area contributed by atoms with E-state index < -0.39 is 166 Å². The molecule has 6 N–H and O–H groups in total. The van der Waals surface area contributed by atoms with E-state index in [4.69, 9.17) is 28.4 Å². The number of nitrogens with one attached hydrogen (secondary N) is 6. The van der Waals surface area contributed by atoms with Crippen molar-refractivity contribution >= 4 is 92.9 Å². The predicted molar refractivity (Wildman–Crippen MR) is 459 cm³/mol. The van der Waals surface area contributed by atoms with Crippen molar-refractivity contribution in [3.05, 3.63) is 179 Å². The average molecular weight is 1720 g/mol. The second-order valence-electron chi connectivity index (χ2n) is 36.3. The zero-order chi connectivity index (χ0) is 90.9. The first-order valence-corrected chi connectivity index (χ1v) is 41.6. The largest absolute Gasteiger partial charge is 0.487 e. The minimum Gasteiger partial charge on any atom is -0.487 e. The Morgan fingerprint density at radius 2 is 0.888 bits per heavy atom. The maximum absolute atomic E-state index is 15.6. The van der Waals surface area contributed by atoms with E-state index in [1.54, 1.807) is 132 Å². The van der Waals surface area contributed by atoms with E-state index in [-0.39, 0.29) is 69.7 Å². The lowest BCUT2D eigenvalue weighted by molar-refractivity contribution is -0.146. The van der Waals surface area contributed by atoms with Crippen molar-refractivity contribution < 1.29 is 86.0 Å². The number of rotatable bonds is 14. The molecule has 12 atom stereocenters. The van der Waals surface area contributed by atoms with E-state index in [0.29, 0.717) is 33.8 Å². The minimum absolute atomic E-state index is 0.0934. The maximum Gasteiger partial charge on any atom is 0.410 e. The molecular formula is C91H114N16O18. The van der Waals surface area contributed by atoms with Crippen LogP contribution in [0.25, 0.3) is 21.5 Å². The summed E-state index contributed by atoms with van der Waals surface area (Å²) in [4.78, 5) is 181. The van der Waals surface area contributed by atoms with Gasteiger partial charge in [-0.1, -0.05) is 161 Å². The Kier molecular flexibility index (Phi) is 28.8. The van der Waals surface area contributed by atoms with E-state index in [2.05, 4.69) is 52.5 Å². The van der Waals surface area contributed by atoms with E-state index in [9.17, 15) is 28.8 Å². The number of ether oxygens (including phenoxy) is 6. The number of hydrogen-bond donors (Lipinski definition) is 6. The lowest BCUT2D eigenvalue weighted by atomic mass is 9.85. The minimum atomic E-state index is -1.48. The molecule has 0 aliphatic carbocycles. The van der Waals surface area contributed by atoms with Crippen molar-refractivity contribution in [3.63, 3.8) is 0 Å². The van der Waals surface area contributed by atoms with E-state index in [1.807, 2.05) is 84.9 Å². The lowest BCUT2D eigenvalue weighted by Crippen LogP contribution is -2.61. The van der Waals surface area contributed by atoms with Gasteiger partial charge in [0.2, 0.25) is 47.3 Å². The number of aromatic nitrogens is 6. The molecule has 666 valence electrons. The van der Waals surface area contributed by atoms with Crippen molar-refractivity contribution in [2.75, 3.05) is 41.4 Å². The highest BCUT2D eigenvalue weighted by atomic mass is 16.6. The Labute approximate surface area is 726 Å². The number of nitrogens with zero attached hydrogens (tertiary/aromatic N) is 10. The summed E-state index contributed by atoms with van der Waals surface area (Å²) in [5, 5.41) is 38.7. The van der Waals surface area contributed by atoms with E-state index in [0.717, 1.165) is 38.5 Å². The Hall–Kier alpha value is -13.0. The topological polar surface area (TPSA) is 407 Å². The van der Waals surface area contributed by atoms with Gasteiger partial charge in [0.1, 0.15) is 102 Å². The standard InChI is InChI=1S/C91H114N16O18/c1-52(102(15)86(118)124-90(9,10)11)76(108)96-74(88(3,4)5)82(114)104-48-64-44-71(104)80(112)92-68(42-55-27-31-57-23-19-21-25-60(57)39-55)78(110)94-70(84(116)120-17)41-54-29-35-66(36-30-54)122-50-62-46-106(100-98-62)65-45-72(105(49-65)83(115)75(89(6,7)8)97-77(109)53(2)103(16)87(119)125-91(12,13)14)81(113)93-69(43-56-28-32-58-24-20-22-26-61(58)40-56)79(111)95-73(85(117)121-18)59-33-37-67(38-34-59)123-51-63-47-107(64)101-99-63/h19-40,46-47,52-53,64-65,68-75H,41-45,48-51H2,1-18H3,(H,92,112)(H,93,113)(H,94,110)(H,95,111)(H,96,108)(H,97,109). The first kappa shape index (κ1) is 92.7. The number of carbonyl (C=O) groups excluding carboxylic acids is 12. The van der Waals surface area contributed by atoms with Gasteiger partial charge in [-0.2, -0.15) is 0 Å². The molecular weight excluding hydrogens is 1610 g/mol. The number of likely N-dealkylation sites (tertiary alicyclic amines) is 2. The SMILES string of the molecule is COC(=O)C1Cc2ccc(cc2)OCc2cn(nn2)C2CC(C(=O)NC(Cc3ccc4ccccc4c3)C(=O)NC(C(=O)OC)c3ccc(cc3)OCc3cn(nn3)C3CC(C(=O)NC(Cc4ccc5ccccc5c4)C(=O)N1)N(C(=O)C(NC(=O)C(C)N(C)C(=O)OC(C)(C)C)C(C)(C)C)C3)N(C(=O)C(NC(=O)C(C)N(C)C(=O)OC(C)(C)C)C(C)(C)C)C2. The van der Waals surface area contributed by atoms with Crippen LogP contribution >= 0.6 is 0 Å². The van der Waals surface area contributed by atoms with Crippen molar-refractivity contribution in [3.8, 4) is 11.5 Å². The van der Waals surface area contributed by atoms with E-state index in [1.165, 1.54) is 66.3 Å². The third-order valence-electron chi connectivity index (χ3n) is 22.3. The summed E-state index contributed by atoms with van der Waals surface area (Å²) >= 11 is 0. The molecule has 6 aromatic carbocycles. The summed E-state index contributed by atoms with van der Waals surface area (Å²) < 4.78 is 37.2. The quantitative estimate of drug-likeness (QED) is 0.0445. The van der Waals surface area contributed by atoms with Gasteiger partial charge < -0.3 is 70.1 Å². The number of carbonyl (C=O) groups is 12. The van der Waals surface area contributed by atoms with Crippen LogP contribution in [0.3, 0.4) is 0 Å².